The minimum Gasteiger partial charge on any atom is -0.438 e. The molecule has 1 unspecified atom stereocenters. The van der Waals surface area contributed by atoms with E-state index in [4.69, 9.17) is 4.74 Å². The van der Waals surface area contributed by atoms with Crippen LogP contribution in [0.4, 0.5) is 25.1 Å². The number of ether oxygens (including phenoxy) is 1. The Kier molecular flexibility index (Phi) is 8.90. The number of carbonyl (C=O) groups excluding carboxylic acids is 1. The molecular formula is C35H34F2N10O2. The molecule has 4 heterocycles. The fraction of sp³-hybridized carbons (Fsp3) is 0.400. The SMILES string of the molecule is CC(C)(C)c1c(NCC2(c3ncccc3F)CCC2)nnc(C#N)c1NC(=O)OC(c1ccc(C#N)nn1)C1(c2ncccc2F)CCC1. The van der Waals surface area contributed by atoms with Crippen molar-refractivity contribution in [2.45, 2.75) is 81.6 Å². The van der Waals surface area contributed by atoms with Gasteiger partial charge in [0.2, 0.25) is 0 Å². The molecule has 1 amide bonds. The molecule has 0 spiro atoms. The van der Waals surface area contributed by atoms with E-state index in [2.05, 4.69) is 41.0 Å². The lowest BCUT2D eigenvalue weighted by Crippen LogP contribution is -2.45. The average Bonchev–Trinajstić information content (AvgIpc) is 3.04. The summed E-state index contributed by atoms with van der Waals surface area (Å²) in [6, 6.07) is 12.6. The average molecular weight is 665 g/mol. The van der Waals surface area contributed by atoms with E-state index in [9.17, 15) is 19.7 Å². The Balaban J connectivity index is 1.35. The van der Waals surface area contributed by atoms with Gasteiger partial charge in [-0.3, -0.25) is 15.3 Å². The maximum absolute atomic E-state index is 15.2. The molecule has 14 heteroatoms. The van der Waals surface area contributed by atoms with E-state index in [1.54, 1.807) is 12.3 Å². The monoisotopic (exact) mass is 664 g/mol. The molecule has 0 aliphatic heterocycles. The minimum atomic E-state index is -1.14. The molecule has 0 aromatic carbocycles. The van der Waals surface area contributed by atoms with Crippen LogP contribution >= 0.6 is 0 Å². The predicted molar refractivity (Wildman–Crippen MR) is 173 cm³/mol. The molecule has 2 N–H and O–H groups in total. The van der Waals surface area contributed by atoms with Gasteiger partial charge in [0.05, 0.1) is 22.5 Å². The number of hydrogen-bond acceptors (Lipinski definition) is 11. The van der Waals surface area contributed by atoms with E-state index in [0.29, 0.717) is 36.5 Å². The van der Waals surface area contributed by atoms with Crippen LogP contribution in [-0.2, 0) is 21.0 Å². The Morgan fingerprint density at radius 1 is 0.918 bits per heavy atom. The third kappa shape index (κ3) is 6.22. The van der Waals surface area contributed by atoms with Crippen molar-refractivity contribution < 1.29 is 18.3 Å². The molecule has 1 atom stereocenters. The Morgan fingerprint density at radius 3 is 2.10 bits per heavy atom. The van der Waals surface area contributed by atoms with E-state index >= 15 is 4.39 Å². The third-order valence-electron chi connectivity index (χ3n) is 9.49. The quantitative estimate of drug-likeness (QED) is 0.205. The van der Waals surface area contributed by atoms with Gasteiger partial charge >= 0.3 is 6.09 Å². The summed E-state index contributed by atoms with van der Waals surface area (Å²) >= 11 is 0. The van der Waals surface area contributed by atoms with Crippen LogP contribution in [0.5, 0.6) is 0 Å². The van der Waals surface area contributed by atoms with Crippen molar-refractivity contribution in [2.24, 2.45) is 0 Å². The molecule has 4 aromatic heterocycles. The number of halogens is 2. The van der Waals surface area contributed by atoms with Gasteiger partial charge in [0.1, 0.15) is 29.5 Å². The van der Waals surface area contributed by atoms with Gasteiger partial charge in [0, 0.05) is 29.9 Å². The van der Waals surface area contributed by atoms with Gasteiger partial charge in [-0.25, -0.2) is 13.6 Å². The van der Waals surface area contributed by atoms with Crippen LogP contribution in [-0.4, -0.2) is 43.0 Å². The smallest absolute Gasteiger partial charge is 0.412 e. The second kappa shape index (κ2) is 13.1. The summed E-state index contributed by atoms with van der Waals surface area (Å²) in [7, 11) is 0. The minimum absolute atomic E-state index is 0.0597. The fourth-order valence-electron chi connectivity index (χ4n) is 6.79. The third-order valence-corrected chi connectivity index (χ3v) is 9.49. The van der Waals surface area contributed by atoms with E-state index < -0.39 is 34.3 Å². The Bertz CT molecular complexity index is 1960. The summed E-state index contributed by atoms with van der Waals surface area (Å²) < 4.78 is 36.2. The van der Waals surface area contributed by atoms with Crippen molar-refractivity contribution in [1.82, 2.24) is 30.4 Å². The van der Waals surface area contributed by atoms with Crippen LogP contribution in [0.2, 0.25) is 0 Å². The molecule has 4 aromatic rings. The number of hydrogen-bond donors (Lipinski definition) is 2. The van der Waals surface area contributed by atoms with Crippen molar-refractivity contribution in [1.29, 1.82) is 10.5 Å². The summed E-state index contributed by atoms with van der Waals surface area (Å²) in [6.45, 7) is 5.98. The highest BCUT2D eigenvalue weighted by atomic mass is 19.1. The van der Waals surface area contributed by atoms with Crippen LogP contribution in [0.15, 0.2) is 48.8 Å². The van der Waals surface area contributed by atoms with Gasteiger partial charge in [-0.05, 0) is 67.5 Å². The summed E-state index contributed by atoms with van der Waals surface area (Å²) in [5, 5.41) is 41.9. The number of anilines is 2. The first-order chi connectivity index (χ1) is 23.5. The lowest BCUT2D eigenvalue weighted by atomic mass is 9.62. The van der Waals surface area contributed by atoms with Crippen LogP contribution in [0.1, 0.15) is 99.4 Å². The summed E-state index contributed by atoms with van der Waals surface area (Å²) in [5.74, 6) is -0.624. The lowest BCUT2D eigenvalue weighted by Gasteiger charge is -2.45. The molecule has 2 aliphatic carbocycles. The highest BCUT2D eigenvalue weighted by Crippen LogP contribution is 2.53. The highest BCUT2D eigenvalue weighted by molar-refractivity contribution is 5.89. The number of pyridine rings is 2. The number of nitriles is 2. The second-order valence-electron chi connectivity index (χ2n) is 13.5. The topological polar surface area (TPSA) is 175 Å². The zero-order chi connectivity index (χ0) is 34.8. The Labute approximate surface area is 282 Å². The first-order valence-electron chi connectivity index (χ1n) is 16.0. The number of amides is 1. The number of aromatic nitrogens is 6. The first-order valence-corrected chi connectivity index (χ1v) is 16.0. The van der Waals surface area contributed by atoms with Gasteiger partial charge < -0.3 is 10.1 Å². The van der Waals surface area contributed by atoms with Crippen molar-refractivity contribution in [3.63, 3.8) is 0 Å². The summed E-state index contributed by atoms with van der Waals surface area (Å²) in [6.07, 6.45) is 4.91. The zero-order valence-corrected chi connectivity index (χ0v) is 27.3. The van der Waals surface area contributed by atoms with E-state index in [1.807, 2.05) is 32.9 Å². The molecule has 2 fully saturated rings. The molecule has 12 nitrogen and oxygen atoms in total. The first kappa shape index (κ1) is 33.3. The normalized spacial score (nSPS) is 16.6. The van der Waals surface area contributed by atoms with Crippen molar-refractivity contribution in [3.8, 4) is 12.1 Å². The highest BCUT2D eigenvalue weighted by Gasteiger charge is 2.52. The van der Waals surface area contributed by atoms with Gasteiger partial charge in [0.15, 0.2) is 23.3 Å². The number of carbonyl (C=O) groups is 1. The number of rotatable bonds is 9. The van der Waals surface area contributed by atoms with E-state index in [-0.39, 0.29) is 34.3 Å². The molecule has 0 saturated heterocycles. The van der Waals surface area contributed by atoms with Crippen molar-refractivity contribution in [2.75, 3.05) is 17.2 Å². The lowest BCUT2D eigenvalue weighted by molar-refractivity contribution is 0.00498. The largest absolute Gasteiger partial charge is 0.438 e. The van der Waals surface area contributed by atoms with Crippen LogP contribution in [0.25, 0.3) is 0 Å². The predicted octanol–water partition coefficient (Wildman–Crippen LogP) is 6.32. The molecule has 2 saturated carbocycles. The summed E-state index contributed by atoms with van der Waals surface area (Å²) in [5.41, 5.74) is -1.11. The number of nitrogens with zero attached hydrogens (tertiary/aromatic N) is 8. The fourth-order valence-corrected chi connectivity index (χ4v) is 6.79. The van der Waals surface area contributed by atoms with Crippen molar-refractivity contribution >= 4 is 17.6 Å². The Hall–Kier alpha value is -5.63. The molecular weight excluding hydrogens is 630 g/mol. The molecule has 0 radical (unpaired) electrons. The molecule has 0 bridgehead atoms. The van der Waals surface area contributed by atoms with Gasteiger partial charge in [-0.15, -0.1) is 15.3 Å². The number of nitrogens with one attached hydrogen (secondary N) is 2. The molecule has 2 aliphatic rings. The standard InChI is InChI=1S/C35H34F2N10O2/c1-33(2,3)26-27(25(19-39)46-47-31(26)42-20-34(12-6-13-34)28-22(36)8-4-16-40-28)43-32(48)49-30(24-11-10-21(18-38)44-45-24)35(14-7-15-35)29-23(37)9-5-17-41-29/h4-5,8-11,16-17,30H,6-7,12-15,20H2,1-3H3,(H2,42,43,47,48). The zero-order valence-electron chi connectivity index (χ0n) is 27.3. The molecule has 49 heavy (non-hydrogen) atoms. The molecule has 6 rings (SSSR count). The second-order valence-corrected chi connectivity index (χ2v) is 13.5. The maximum Gasteiger partial charge on any atom is 0.412 e. The summed E-state index contributed by atoms with van der Waals surface area (Å²) in [4.78, 5) is 22.6. The Morgan fingerprint density at radius 2 is 1.59 bits per heavy atom. The van der Waals surface area contributed by atoms with Gasteiger partial charge in [-0.2, -0.15) is 15.6 Å². The van der Waals surface area contributed by atoms with Crippen LogP contribution in [0.3, 0.4) is 0 Å². The van der Waals surface area contributed by atoms with Crippen molar-refractivity contribution in [3.05, 3.63) is 94.5 Å². The van der Waals surface area contributed by atoms with Gasteiger partial charge in [-0.1, -0.05) is 33.6 Å². The van der Waals surface area contributed by atoms with Crippen LogP contribution in [0, 0.1) is 34.3 Å². The molecule has 250 valence electrons. The maximum atomic E-state index is 15.2. The van der Waals surface area contributed by atoms with E-state index in [1.165, 1.54) is 36.5 Å². The van der Waals surface area contributed by atoms with Crippen LogP contribution < -0.4 is 10.6 Å². The van der Waals surface area contributed by atoms with Gasteiger partial charge in [0.25, 0.3) is 0 Å². The van der Waals surface area contributed by atoms with E-state index in [0.717, 1.165) is 25.7 Å².